The van der Waals surface area contributed by atoms with Crippen LogP contribution in [-0.4, -0.2) is 28.1 Å². The summed E-state index contributed by atoms with van der Waals surface area (Å²) >= 11 is 1.01. The first kappa shape index (κ1) is 12.4. The molecule has 0 aliphatic heterocycles. The van der Waals surface area contributed by atoms with Crippen LogP contribution in [0.1, 0.15) is 15.4 Å². The maximum atomic E-state index is 13.4. The Balaban J connectivity index is 2.11. The molecule has 2 N–H and O–H groups in total. The molecule has 0 bridgehead atoms. The van der Waals surface area contributed by atoms with E-state index >= 15 is 0 Å². The average molecular weight is 266 g/mol. The summed E-state index contributed by atoms with van der Waals surface area (Å²) in [7, 11) is 1.58. The molecule has 0 aliphatic rings. The van der Waals surface area contributed by atoms with Crippen LogP contribution in [0.2, 0.25) is 0 Å². The Morgan fingerprint density at radius 3 is 2.78 bits per heavy atom. The minimum Gasteiger partial charge on any atom is -0.374 e. The normalized spacial score (nSPS) is 10.3. The largest absolute Gasteiger partial charge is 0.374 e. The van der Waals surface area contributed by atoms with Crippen molar-refractivity contribution in [1.29, 1.82) is 0 Å². The molecule has 1 heterocycles. The monoisotopic (exact) mass is 266 g/mol. The number of rotatable bonds is 3. The van der Waals surface area contributed by atoms with Crippen molar-refractivity contribution in [2.24, 2.45) is 0 Å². The molecular formula is C11H11FN4OS. The highest BCUT2D eigenvalue weighted by molar-refractivity contribution is 7.16. The van der Waals surface area contributed by atoms with Crippen LogP contribution in [0.25, 0.3) is 0 Å². The molecule has 5 nitrogen and oxygen atoms in total. The van der Waals surface area contributed by atoms with E-state index in [0.717, 1.165) is 11.3 Å². The SMILES string of the molecule is CN(Cc1ccccc1F)C(=O)c1nnc(N)s1. The Morgan fingerprint density at radius 1 is 1.44 bits per heavy atom. The summed E-state index contributed by atoms with van der Waals surface area (Å²) in [5.41, 5.74) is 5.86. The predicted octanol–water partition coefficient (Wildman–Crippen LogP) is 1.53. The number of anilines is 1. The number of nitrogen functional groups attached to an aromatic ring is 1. The third kappa shape index (κ3) is 2.62. The first-order valence-electron chi connectivity index (χ1n) is 5.16. The van der Waals surface area contributed by atoms with Gasteiger partial charge in [0.1, 0.15) is 5.82 Å². The highest BCUT2D eigenvalue weighted by atomic mass is 32.1. The van der Waals surface area contributed by atoms with Crippen LogP contribution in [0, 0.1) is 5.82 Å². The molecule has 0 saturated carbocycles. The highest BCUT2D eigenvalue weighted by Gasteiger charge is 2.17. The van der Waals surface area contributed by atoms with Gasteiger partial charge in [0.15, 0.2) is 0 Å². The molecule has 0 atom stereocenters. The van der Waals surface area contributed by atoms with Crippen molar-refractivity contribution >= 4 is 22.4 Å². The summed E-state index contributed by atoms with van der Waals surface area (Å²) in [4.78, 5) is 13.3. The zero-order valence-corrected chi connectivity index (χ0v) is 10.4. The molecule has 7 heteroatoms. The second kappa shape index (κ2) is 5.09. The van der Waals surface area contributed by atoms with E-state index in [2.05, 4.69) is 10.2 Å². The Labute approximate surface area is 107 Å². The Hall–Kier alpha value is -2.02. The van der Waals surface area contributed by atoms with Crippen molar-refractivity contribution < 1.29 is 9.18 Å². The van der Waals surface area contributed by atoms with E-state index in [1.807, 2.05) is 0 Å². The van der Waals surface area contributed by atoms with E-state index in [1.54, 1.807) is 25.2 Å². The Bertz CT molecular complexity index is 572. The standard InChI is InChI=1S/C11H11FN4OS/c1-16(6-7-4-2-3-5-8(7)12)10(17)9-14-15-11(13)18-9/h2-5H,6H2,1H3,(H2,13,15). The van der Waals surface area contributed by atoms with Gasteiger partial charge in [-0.3, -0.25) is 4.79 Å². The van der Waals surface area contributed by atoms with E-state index < -0.39 is 0 Å². The smallest absolute Gasteiger partial charge is 0.284 e. The number of hydrogen-bond donors (Lipinski definition) is 1. The van der Waals surface area contributed by atoms with Crippen LogP contribution >= 0.6 is 11.3 Å². The summed E-state index contributed by atoms with van der Waals surface area (Å²) in [6, 6.07) is 6.32. The molecule has 2 aromatic rings. The minimum absolute atomic E-state index is 0.172. The first-order chi connectivity index (χ1) is 8.58. The first-order valence-corrected chi connectivity index (χ1v) is 5.97. The van der Waals surface area contributed by atoms with Crippen LogP contribution in [-0.2, 0) is 6.54 Å². The Morgan fingerprint density at radius 2 is 2.17 bits per heavy atom. The number of nitrogens with two attached hydrogens (primary N) is 1. The van der Waals surface area contributed by atoms with Gasteiger partial charge in [-0.25, -0.2) is 4.39 Å². The van der Waals surface area contributed by atoms with E-state index in [9.17, 15) is 9.18 Å². The number of amides is 1. The van der Waals surface area contributed by atoms with Crippen LogP contribution < -0.4 is 5.73 Å². The molecule has 1 aromatic heterocycles. The van der Waals surface area contributed by atoms with E-state index in [1.165, 1.54) is 11.0 Å². The molecular weight excluding hydrogens is 255 g/mol. The summed E-state index contributed by atoms with van der Waals surface area (Å²) in [5.74, 6) is -0.665. The number of halogens is 1. The average Bonchev–Trinajstić information content (AvgIpc) is 2.78. The molecule has 18 heavy (non-hydrogen) atoms. The fraction of sp³-hybridized carbons (Fsp3) is 0.182. The van der Waals surface area contributed by atoms with Crippen molar-refractivity contribution in [3.8, 4) is 0 Å². The van der Waals surface area contributed by atoms with Gasteiger partial charge in [0, 0.05) is 19.2 Å². The molecule has 0 fully saturated rings. The zero-order valence-electron chi connectivity index (χ0n) is 9.63. The molecule has 2 rings (SSSR count). The molecule has 94 valence electrons. The van der Waals surface area contributed by atoms with Gasteiger partial charge < -0.3 is 10.6 Å². The Kier molecular flexibility index (Phi) is 3.52. The van der Waals surface area contributed by atoms with Gasteiger partial charge in [0.2, 0.25) is 10.1 Å². The van der Waals surface area contributed by atoms with Crippen LogP contribution in [0.3, 0.4) is 0 Å². The quantitative estimate of drug-likeness (QED) is 0.914. The minimum atomic E-state index is -0.339. The van der Waals surface area contributed by atoms with Gasteiger partial charge in [0.05, 0.1) is 0 Å². The maximum absolute atomic E-state index is 13.4. The van der Waals surface area contributed by atoms with Crippen molar-refractivity contribution in [3.63, 3.8) is 0 Å². The van der Waals surface area contributed by atoms with Crippen LogP contribution in [0.4, 0.5) is 9.52 Å². The molecule has 1 aromatic carbocycles. The lowest BCUT2D eigenvalue weighted by Crippen LogP contribution is -2.26. The van der Waals surface area contributed by atoms with Gasteiger partial charge >= 0.3 is 0 Å². The lowest BCUT2D eigenvalue weighted by atomic mass is 10.2. The third-order valence-electron chi connectivity index (χ3n) is 2.34. The lowest BCUT2D eigenvalue weighted by molar-refractivity contribution is 0.0782. The fourth-order valence-electron chi connectivity index (χ4n) is 1.44. The van der Waals surface area contributed by atoms with Crippen LogP contribution in [0.15, 0.2) is 24.3 Å². The highest BCUT2D eigenvalue weighted by Crippen LogP contribution is 2.15. The molecule has 1 amide bonds. The van der Waals surface area contributed by atoms with Gasteiger partial charge in [-0.15, -0.1) is 10.2 Å². The number of nitrogens with zero attached hydrogens (tertiary/aromatic N) is 3. The maximum Gasteiger partial charge on any atom is 0.284 e. The van der Waals surface area contributed by atoms with Crippen molar-refractivity contribution in [1.82, 2.24) is 15.1 Å². The molecule has 0 unspecified atom stereocenters. The fourth-order valence-corrected chi connectivity index (χ4v) is 2.04. The van der Waals surface area contributed by atoms with Crippen molar-refractivity contribution in [2.75, 3.05) is 12.8 Å². The molecule has 0 aliphatic carbocycles. The van der Waals surface area contributed by atoms with Gasteiger partial charge in [-0.1, -0.05) is 29.5 Å². The van der Waals surface area contributed by atoms with Gasteiger partial charge in [-0.05, 0) is 6.07 Å². The third-order valence-corrected chi connectivity index (χ3v) is 3.08. The van der Waals surface area contributed by atoms with Crippen molar-refractivity contribution in [3.05, 3.63) is 40.7 Å². The predicted molar refractivity (Wildman–Crippen MR) is 66.5 cm³/mol. The van der Waals surface area contributed by atoms with Gasteiger partial charge in [-0.2, -0.15) is 0 Å². The lowest BCUT2D eigenvalue weighted by Gasteiger charge is -2.15. The molecule has 0 saturated heterocycles. The second-order valence-corrected chi connectivity index (χ2v) is 4.71. The van der Waals surface area contributed by atoms with E-state index in [4.69, 9.17) is 5.73 Å². The van der Waals surface area contributed by atoms with Crippen molar-refractivity contribution in [2.45, 2.75) is 6.54 Å². The van der Waals surface area contributed by atoms with Crippen LogP contribution in [0.5, 0.6) is 0 Å². The number of hydrogen-bond acceptors (Lipinski definition) is 5. The summed E-state index contributed by atoms with van der Waals surface area (Å²) in [5, 5.41) is 7.66. The van der Waals surface area contributed by atoms with Gasteiger partial charge in [0.25, 0.3) is 5.91 Å². The van der Waals surface area contributed by atoms with E-state index in [0.29, 0.717) is 5.56 Å². The number of benzene rings is 1. The molecule has 0 radical (unpaired) electrons. The van der Waals surface area contributed by atoms with E-state index in [-0.39, 0.29) is 28.4 Å². The number of carbonyl (C=O) groups excluding carboxylic acids is 1. The zero-order chi connectivity index (χ0) is 13.1. The summed E-state index contributed by atoms with van der Waals surface area (Å²) in [6.07, 6.45) is 0. The summed E-state index contributed by atoms with van der Waals surface area (Å²) < 4.78 is 13.4. The second-order valence-electron chi connectivity index (χ2n) is 3.70. The molecule has 0 spiro atoms. The number of aromatic nitrogens is 2. The number of carbonyl (C=O) groups is 1. The summed E-state index contributed by atoms with van der Waals surface area (Å²) in [6.45, 7) is 0.172. The topological polar surface area (TPSA) is 72.1 Å².